The standard InChI is InChI=1S/C11H15N.C11H9N.C6H7BO2.6C2H6.2CH4.ClH/c2*1-2-4-10(5-3-1)11-6-8-12-9-7-11;8-7(9)6-4-2-1-3-5-6;6*1-2;;;/h1-5,11-12H,6-9H2;1-9H;1-5,8-9H;6*1-2H3;2*1H4;1H. The van der Waals surface area contributed by atoms with Crippen LogP contribution in [0.15, 0.2) is 116 Å². The van der Waals surface area contributed by atoms with Gasteiger partial charge >= 0.3 is 7.12 Å². The number of nitrogens with one attached hydrogen (secondary N) is 1. The quantitative estimate of drug-likeness (QED) is 0.188. The first-order chi connectivity index (χ1) is 22.2. The summed E-state index contributed by atoms with van der Waals surface area (Å²) in [5.41, 5.74) is 4.49. The predicted octanol–water partition coefficient (Wildman–Crippen LogP) is 12.1. The molecule has 0 atom stereocenters. The van der Waals surface area contributed by atoms with E-state index in [0.717, 1.165) is 5.92 Å². The Morgan fingerprint density at radius 2 is 0.854 bits per heavy atom. The molecule has 5 rings (SSSR count). The van der Waals surface area contributed by atoms with Crippen LogP contribution in [0.2, 0.25) is 0 Å². The molecule has 2 heterocycles. The summed E-state index contributed by atoms with van der Waals surface area (Å²) in [6, 6.07) is 33.8. The molecule has 1 aromatic heterocycles. The number of hydrogen-bond acceptors (Lipinski definition) is 4. The second-order valence-corrected chi connectivity index (χ2v) is 7.82. The lowest BCUT2D eigenvalue weighted by atomic mass is 9.81. The maximum atomic E-state index is 8.58. The third kappa shape index (κ3) is 31.6. The van der Waals surface area contributed by atoms with Gasteiger partial charge in [0.2, 0.25) is 0 Å². The lowest BCUT2D eigenvalue weighted by Crippen LogP contribution is -2.29. The highest BCUT2D eigenvalue weighted by atomic mass is 35.5. The van der Waals surface area contributed by atoms with Crippen molar-refractivity contribution in [3.8, 4) is 11.1 Å². The first-order valence-corrected chi connectivity index (χ1v) is 17.4. The molecular weight excluding hydrogens is 611 g/mol. The molecule has 1 aliphatic heterocycles. The van der Waals surface area contributed by atoms with Crippen LogP contribution in [0.25, 0.3) is 11.1 Å². The van der Waals surface area contributed by atoms with Crippen LogP contribution in [-0.4, -0.2) is 35.2 Å². The molecule has 3 aromatic carbocycles. The summed E-state index contributed by atoms with van der Waals surface area (Å²) < 4.78 is 0. The Hall–Kier alpha value is -2.96. The molecule has 1 fully saturated rings. The summed E-state index contributed by atoms with van der Waals surface area (Å²) in [6.45, 7) is 26.4. The molecule has 4 aromatic rings. The van der Waals surface area contributed by atoms with Crippen molar-refractivity contribution in [3.63, 3.8) is 0 Å². The first-order valence-electron chi connectivity index (χ1n) is 17.4. The maximum Gasteiger partial charge on any atom is 0.488 e. The highest BCUT2D eigenvalue weighted by Crippen LogP contribution is 2.24. The second-order valence-electron chi connectivity index (χ2n) is 7.82. The molecule has 0 spiro atoms. The van der Waals surface area contributed by atoms with Gasteiger partial charge in [0.1, 0.15) is 0 Å². The van der Waals surface area contributed by atoms with Crippen molar-refractivity contribution < 1.29 is 10.0 Å². The first kappa shape index (κ1) is 60.4. The van der Waals surface area contributed by atoms with Crippen LogP contribution >= 0.6 is 12.4 Å². The van der Waals surface area contributed by atoms with Gasteiger partial charge in [-0.1, -0.05) is 189 Å². The summed E-state index contributed by atoms with van der Waals surface area (Å²) in [7, 11) is -1.34. The molecule has 1 aliphatic rings. The number of benzene rings is 3. The van der Waals surface area contributed by atoms with Crippen LogP contribution in [0, 0.1) is 0 Å². The van der Waals surface area contributed by atoms with E-state index < -0.39 is 7.12 Å². The highest BCUT2D eigenvalue weighted by molar-refractivity contribution is 6.58. The molecule has 6 heteroatoms. The number of pyridine rings is 1. The Morgan fingerprint density at radius 3 is 1.21 bits per heavy atom. The molecule has 0 unspecified atom stereocenters. The summed E-state index contributed by atoms with van der Waals surface area (Å²) in [6.07, 6.45) is 6.21. The van der Waals surface area contributed by atoms with Crippen LogP contribution in [0.5, 0.6) is 0 Å². The van der Waals surface area contributed by atoms with E-state index in [1.54, 1.807) is 24.3 Å². The van der Waals surface area contributed by atoms with Crippen LogP contribution in [0.1, 0.15) is 122 Å². The minimum Gasteiger partial charge on any atom is -0.423 e. The summed E-state index contributed by atoms with van der Waals surface area (Å²) in [5, 5.41) is 20.5. The molecular formula is C42H76BClN2O2. The van der Waals surface area contributed by atoms with E-state index in [2.05, 4.69) is 52.8 Å². The van der Waals surface area contributed by atoms with E-state index in [9.17, 15) is 0 Å². The van der Waals surface area contributed by atoms with Crippen LogP contribution in [0.3, 0.4) is 0 Å². The fourth-order valence-electron chi connectivity index (χ4n) is 3.68. The molecule has 4 nitrogen and oxygen atoms in total. The fourth-order valence-corrected chi connectivity index (χ4v) is 3.68. The van der Waals surface area contributed by atoms with Gasteiger partial charge in [-0.05, 0) is 66.1 Å². The molecule has 276 valence electrons. The normalized spacial score (nSPS) is 9.71. The molecule has 0 amide bonds. The van der Waals surface area contributed by atoms with Gasteiger partial charge in [0.05, 0.1) is 0 Å². The Kier molecular flexibility index (Phi) is 64.0. The monoisotopic (exact) mass is 687 g/mol. The Bertz CT molecular complexity index is 983. The third-order valence-corrected chi connectivity index (χ3v) is 5.50. The molecule has 1 saturated heterocycles. The lowest BCUT2D eigenvalue weighted by Gasteiger charge is -2.22. The van der Waals surface area contributed by atoms with E-state index in [0.29, 0.717) is 5.46 Å². The largest absolute Gasteiger partial charge is 0.488 e. The lowest BCUT2D eigenvalue weighted by molar-refractivity contribution is 0.426. The zero-order valence-electron chi connectivity index (χ0n) is 31.2. The number of piperidine rings is 1. The van der Waals surface area contributed by atoms with Gasteiger partial charge in [-0.3, -0.25) is 4.98 Å². The molecule has 0 bridgehead atoms. The average Bonchev–Trinajstić information content (AvgIpc) is 3.19. The second kappa shape index (κ2) is 50.9. The van der Waals surface area contributed by atoms with Gasteiger partial charge in [0.25, 0.3) is 0 Å². The number of rotatable bonds is 3. The van der Waals surface area contributed by atoms with E-state index in [4.69, 9.17) is 10.0 Å². The Labute approximate surface area is 306 Å². The summed E-state index contributed by atoms with van der Waals surface area (Å²) in [4.78, 5) is 3.97. The zero-order valence-corrected chi connectivity index (χ0v) is 32.0. The van der Waals surface area contributed by atoms with E-state index in [-0.39, 0.29) is 27.3 Å². The van der Waals surface area contributed by atoms with E-state index in [1.807, 2.05) is 132 Å². The van der Waals surface area contributed by atoms with Crippen molar-refractivity contribution in [2.45, 2.75) is 117 Å². The highest BCUT2D eigenvalue weighted by Gasteiger charge is 2.13. The Morgan fingerprint density at radius 1 is 0.521 bits per heavy atom. The SMILES string of the molecule is C.C.CC.CC.CC.CC.CC.CC.Cl.OB(O)c1ccccc1.c1ccc(-c2ccncc2)cc1.c1ccc(C2CCNCC2)cc1. The number of nitrogens with zero attached hydrogens (tertiary/aromatic N) is 1. The van der Waals surface area contributed by atoms with Gasteiger partial charge in [-0.15, -0.1) is 12.4 Å². The number of hydrogen-bond donors (Lipinski definition) is 3. The topological polar surface area (TPSA) is 65.4 Å². The van der Waals surface area contributed by atoms with Crippen LogP contribution < -0.4 is 10.8 Å². The van der Waals surface area contributed by atoms with Gasteiger partial charge in [0.15, 0.2) is 0 Å². The molecule has 48 heavy (non-hydrogen) atoms. The van der Waals surface area contributed by atoms with Crippen molar-refractivity contribution in [3.05, 3.63) is 121 Å². The smallest absolute Gasteiger partial charge is 0.423 e. The van der Waals surface area contributed by atoms with Gasteiger partial charge in [-0.2, -0.15) is 0 Å². The van der Waals surface area contributed by atoms with Gasteiger partial charge in [0, 0.05) is 12.4 Å². The number of halogens is 1. The molecule has 0 saturated carbocycles. The summed E-state index contributed by atoms with van der Waals surface area (Å²) >= 11 is 0. The van der Waals surface area contributed by atoms with Gasteiger partial charge < -0.3 is 15.4 Å². The van der Waals surface area contributed by atoms with Crippen LogP contribution in [0.4, 0.5) is 0 Å². The summed E-state index contributed by atoms with van der Waals surface area (Å²) in [5.74, 6) is 0.799. The molecule has 0 radical (unpaired) electrons. The molecule has 3 N–H and O–H groups in total. The van der Waals surface area contributed by atoms with Crippen molar-refractivity contribution in [2.24, 2.45) is 0 Å². The van der Waals surface area contributed by atoms with Gasteiger partial charge in [-0.25, -0.2) is 0 Å². The zero-order chi connectivity index (χ0) is 35.1. The van der Waals surface area contributed by atoms with Crippen molar-refractivity contribution in [2.75, 3.05) is 13.1 Å². The minimum absolute atomic E-state index is 0. The maximum absolute atomic E-state index is 8.58. The average molecular weight is 687 g/mol. The fraction of sp³-hybridized carbons (Fsp3) is 0.452. The van der Waals surface area contributed by atoms with Crippen molar-refractivity contribution in [1.82, 2.24) is 10.3 Å². The third-order valence-electron chi connectivity index (χ3n) is 5.50. The van der Waals surface area contributed by atoms with Crippen molar-refractivity contribution >= 4 is 25.0 Å². The number of aromatic nitrogens is 1. The van der Waals surface area contributed by atoms with Crippen LogP contribution in [-0.2, 0) is 0 Å². The minimum atomic E-state index is -1.34. The Balaban J connectivity index is -0.0000000888. The van der Waals surface area contributed by atoms with E-state index >= 15 is 0 Å². The van der Waals surface area contributed by atoms with E-state index in [1.165, 1.54) is 42.6 Å². The molecule has 0 aliphatic carbocycles. The predicted molar refractivity (Wildman–Crippen MR) is 226 cm³/mol. The van der Waals surface area contributed by atoms with Crippen molar-refractivity contribution in [1.29, 1.82) is 0 Å².